The molecule has 0 rings (SSSR count). The molecule has 0 amide bonds. The maximum Gasteiger partial charge on any atom is 0.306 e. The molecule has 66 heavy (non-hydrogen) atoms. The normalized spacial score (nSPS) is 12.7. The van der Waals surface area contributed by atoms with Crippen molar-refractivity contribution in [3.8, 4) is 0 Å². The quantitative estimate of drug-likeness (QED) is 0.0262. The van der Waals surface area contributed by atoms with Crippen LogP contribution in [0.4, 0.5) is 0 Å². The van der Waals surface area contributed by atoms with Crippen molar-refractivity contribution in [3.05, 3.63) is 85.1 Å². The molecule has 0 N–H and O–H groups in total. The van der Waals surface area contributed by atoms with Crippen LogP contribution in [-0.4, -0.2) is 37.2 Å². The van der Waals surface area contributed by atoms with Crippen LogP contribution in [0.25, 0.3) is 0 Å². The molecule has 0 heterocycles. The van der Waals surface area contributed by atoms with E-state index in [0.717, 1.165) is 89.9 Å². The summed E-state index contributed by atoms with van der Waals surface area (Å²) in [6.07, 6.45) is 70.1. The highest BCUT2D eigenvalue weighted by molar-refractivity contribution is 5.71. The number of carbonyl (C=O) groups is 3. The Morgan fingerprint density at radius 1 is 0.318 bits per heavy atom. The Hall–Kier alpha value is -3.41. The second-order valence-electron chi connectivity index (χ2n) is 18.1. The van der Waals surface area contributed by atoms with Gasteiger partial charge in [0.1, 0.15) is 13.2 Å². The largest absolute Gasteiger partial charge is 0.462 e. The number of unbranched alkanes of at least 4 members (excludes halogenated alkanes) is 24. The molecule has 0 bridgehead atoms. The zero-order chi connectivity index (χ0) is 47.9. The minimum absolute atomic E-state index is 0.103. The number of allylic oxidation sites excluding steroid dienone is 14. The molecule has 0 aromatic carbocycles. The Bertz CT molecular complexity index is 1290. The van der Waals surface area contributed by atoms with Crippen LogP contribution in [-0.2, 0) is 28.6 Å². The van der Waals surface area contributed by atoms with E-state index in [1.165, 1.54) is 122 Å². The van der Waals surface area contributed by atoms with Gasteiger partial charge in [0.15, 0.2) is 6.10 Å². The number of hydrogen-bond acceptors (Lipinski definition) is 6. The number of hydrogen-bond donors (Lipinski definition) is 0. The van der Waals surface area contributed by atoms with Crippen molar-refractivity contribution in [1.82, 2.24) is 0 Å². The fourth-order valence-electron chi connectivity index (χ4n) is 7.51. The molecule has 0 aromatic heterocycles. The van der Waals surface area contributed by atoms with Gasteiger partial charge in [0.2, 0.25) is 0 Å². The lowest BCUT2D eigenvalue weighted by Crippen LogP contribution is -2.30. The van der Waals surface area contributed by atoms with E-state index >= 15 is 0 Å². The highest BCUT2D eigenvalue weighted by atomic mass is 16.6. The molecule has 0 aliphatic rings. The van der Waals surface area contributed by atoms with Crippen LogP contribution in [0.5, 0.6) is 0 Å². The van der Waals surface area contributed by atoms with E-state index in [-0.39, 0.29) is 37.5 Å². The van der Waals surface area contributed by atoms with E-state index < -0.39 is 6.10 Å². The topological polar surface area (TPSA) is 78.9 Å². The summed E-state index contributed by atoms with van der Waals surface area (Å²) in [6.45, 7) is 6.43. The SMILES string of the molecule is CC/C=C\C/C=C\C/C=C\C/C=C\C/C=C\C/C=C\CCC(=O)OC[C@@H](COC(=O)CCCCCCC/C=C\CCCC)OC(=O)CCCCCCCCCCCCCCCCCCCC. The van der Waals surface area contributed by atoms with Crippen molar-refractivity contribution < 1.29 is 28.6 Å². The lowest BCUT2D eigenvalue weighted by atomic mass is 10.0. The van der Waals surface area contributed by atoms with Gasteiger partial charge >= 0.3 is 17.9 Å². The van der Waals surface area contributed by atoms with E-state index in [1.54, 1.807) is 0 Å². The van der Waals surface area contributed by atoms with Crippen molar-refractivity contribution in [2.24, 2.45) is 0 Å². The summed E-state index contributed by atoms with van der Waals surface area (Å²) in [5, 5.41) is 0. The standard InChI is InChI=1S/C60H102O6/c1-4-7-10-13-16-19-22-24-26-28-30-32-33-35-38-41-44-47-50-53-59(62)65-56-57(55-64-58(61)52-49-46-43-40-37-21-18-15-12-9-6-3)66-60(63)54-51-48-45-42-39-36-34-31-29-27-25-23-20-17-14-11-8-5-2/h7,10,15-16,18-19,24,26,30,32,35,38,44,47,57H,4-6,8-9,11-14,17,20-23,25,27-29,31,33-34,36-37,39-43,45-46,48-56H2,1-3H3/b10-7-,18-15-,19-16-,26-24-,32-30-,38-35-,47-44-/t57-/m1/s1. The van der Waals surface area contributed by atoms with Crippen LogP contribution in [0.1, 0.15) is 258 Å². The van der Waals surface area contributed by atoms with Crippen LogP contribution >= 0.6 is 0 Å². The third kappa shape index (κ3) is 51.6. The van der Waals surface area contributed by atoms with Gasteiger partial charge in [0.25, 0.3) is 0 Å². The Morgan fingerprint density at radius 3 is 1.06 bits per heavy atom. The first-order valence-corrected chi connectivity index (χ1v) is 27.6. The summed E-state index contributed by atoms with van der Waals surface area (Å²) >= 11 is 0. The molecular formula is C60H102O6. The molecule has 0 radical (unpaired) electrons. The zero-order valence-corrected chi connectivity index (χ0v) is 43.2. The molecule has 0 spiro atoms. The highest BCUT2D eigenvalue weighted by Gasteiger charge is 2.19. The molecule has 0 aromatic rings. The van der Waals surface area contributed by atoms with Crippen molar-refractivity contribution in [3.63, 3.8) is 0 Å². The molecule has 6 nitrogen and oxygen atoms in total. The molecule has 0 unspecified atom stereocenters. The first-order chi connectivity index (χ1) is 32.5. The average molecular weight is 919 g/mol. The third-order valence-corrected chi connectivity index (χ3v) is 11.6. The fourth-order valence-corrected chi connectivity index (χ4v) is 7.51. The highest BCUT2D eigenvalue weighted by Crippen LogP contribution is 2.16. The number of esters is 3. The van der Waals surface area contributed by atoms with Gasteiger partial charge in [-0.1, -0.05) is 247 Å². The predicted molar refractivity (Wildman–Crippen MR) is 284 cm³/mol. The van der Waals surface area contributed by atoms with Gasteiger partial charge in [-0.2, -0.15) is 0 Å². The Balaban J connectivity index is 4.45. The maximum atomic E-state index is 12.8. The monoisotopic (exact) mass is 919 g/mol. The Morgan fingerprint density at radius 2 is 0.636 bits per heavy atom. The molecule has 0 fully saturated rings. The van der Waals surface area contributed by atoms with E-state index in [4.69, 9.17) is 14.2 Å². The van der Waals surface area contributed by atoms with Crippen molar-refractivity contribution >= 4 is 17.9 Å². The van der Waals surface area contributed by atoms with Crippen molar-refractivity contribution in [2.75, 3.05) is 13.2 Å². The minimum atomic E-state index is -0.808. The van der Waals surface area contributed by atoms with Crippen LogP contribution < -0.4 is 0 Å². The third-order valence-electron chi connectivity index (χ3n) is 11.6. The maximum absolute atomic E-state index is 12.8. The van der Waals surface area contributed by atoms with Crippen LogP contribution in [0.3, 0.4) is 0 Å². The molecule has 0 saturated heterocycles. The van der Waals surface area contributed by atoms with E-state index in [2.05, 4.69) is 99.8 Å². The number of carbonyl (C=O) groups excluding carboxylic acids is 3. The van der Waals surface area contributed by atoms with E-state index in [1.807, 2.05) is 6.08 Å². The van der Waals surface area contributed by atoms with Gasteiger partial charge < -0.3 is 14.2 Å². The van der Waals surface area contributed by atoms with E-state index in [9.17, 15) is 14.4 Å². The summed E-state index contributed by atoms with van der Waals surface area (Å²) < 4.78 is 16.7. The van der Waals surface area contributed by atoms with Gasteiger partial charge in [-0.05, 0) is 77.0 Å². The number of rotatable bonds is 49. The van der Waals surface area contributed by atoms with Gasteiger partial charge in [0, 0.05) is 19.3 Å². The lowest BCUT2D eigenvalue weighted by molar-refractivity contribution is -0.166. The molecule has 1 atom stereocenters. The molecule has 0 aliphatic heterocycles. The summed E-state index contributed by atoms with van der Waals surface area (Å²) in [6, 6.07) is 0. The minimum Gasteiger partial charge on any atom is -0.462 e. The molecule has 0 saturated carbocycles. The van der Waals surface area contributed by atoms with Gasteiger partial charge in [-0.3, -0.25) is 14.4 Å². The molecule has 378 valence electrons. The smallest absolute Gasteiger partial charge is 0.306 e. The second kappa shape index (κ2) is 54.2. The van der Waals surface area contributed by atoms with Crippen LogP contribution in [0.2, 0.25) is 0 Å². The first kappa shape index (κ1) is 62.6. The molecular weight excluding hydrogens is 817 g/mol. The van der Waals surface area contributed by atoms with Crippen molar-refractivity contribution in [2.45, 2.75) is 264 Å². The first-order valence-electron chi connectivity index (χ1n) is 27.6. The van der Waals surface area contributed by atoms with E-state index in [0.29, 0.717) is 19.3 Å². The summed E-state index contributed by atoms with van der Waals surface area (Å²) in [7, 11) is 0. The fraction of sp³-hybridized carbons (Fsp3) is 0.717. The van der Waals surface area contributed by atoms with Crippen molar-refractivity contribution in [1.29, 1.82) is 0 Å². The lowest BCUT2D eigenvalue weighted by Gasteiger charge is -2.18. The van der Waals surface area contributed by atoms with Crippen LogP contribution in [0, 0.1) is 0 Å². The Kier molecular flexibility index (Phi) is 51.4. The van der Waals surface area contributed by atoms with Gasteiger partial charge in [-0.25, -0.2) is 0 Å². The summed E-state index contributed by atoms with van der Waals surface area (Å²) in [4.78, 5) is 38.0. The zero-order valence-electron chi connectivity index (χ0n) is 43.2. The van der Waals surface area contributed by atoms with Gasteiger partial charge in [0.05, 0.1) is 0 Å². The average Bonchev–Trinajstić information content (AvgIpc) is 3.31. The second-order valence-corrected chi connectivity index (χ2v) is 18.1. The molecule has 6 heteroatoms. The Labute approximate surface area is 407 Å². The van der Waals surface area contributed by atoms with Gasteiger partial charge in [-0.15, -0.1) is 0 Å². The molecule has 0 aliphatic carbocycles. The predicted octanol–water partition coefficient (Wildman–Crippen LogP) is 18.4. The number of ether oxygens (including phenoxy) is 3. The summed E-state index contributed by atoms with van der Waals surface area (Å²) in [5.74, 6) is -0.994. The summed E-state index contributed by atoms with van der Waals surface area (Å²) in [5.41, 5.74) is 0. The van der Waals surface area contributed by atoms with Crippen LogP contribution in [0.15, 0.2) is 85.1 Å².